The zero-order chi connectivity index (χ0) is 22.5. The summed E-state index contributed by atoms with van der Waals surface area (Å²) in [6.07, 6.45) is 3.57. The number of pyridine rings is 1. The Morgan fingerprint density at radius 1 is 1.03 bits per heavy atom. The minimum atomic E-state index is -0.175. The summed E-state index contributed by atoms with van der Waals surface area (Å²) < 4.78 is 1.85. The van der Waals surface area contributed by atoms with Crippen LogP contribution < -0.4 is 5.32 Å². The van der Waals surface area contributed by atoms with Crippen LogP contribution in [0.1, 0.15) is 5.56 Å². The minimum absolute atomic E-state index is 0.175. The summed E-state index contributed by atoms with van der Waals surface area (Å²) in [5, 5.41) is 8.54. The first-order chi connectivity index (χ1) is 15.5. The lowest BCUT2D eigenvalue weighted by molar-refractivity contribution is -0.117. The predicted octanol–water partition coefficient (Wildman–Crippen LogP) is 5.31. The van der Waals surface area contributed by atoms with Crippen LogP contribution in [0.2, 0.25) is 10.2 Å². The van der Waals surface area contributed by atoms with Gasteiger partial charge in [0.2, 0.25) is 5.91 Å². The molecule has 2 aromatic carbocycles. The number of hydrogen-bond acceptors (Lipinski definition) is 4. The van der Waals surface area contributed by atoms with Gasteiger partial charge in [-0.1, -0.05) is 53.5 Å². The molecule has 0 aliphatic heterocycles. The van der Waals surface area contributed by atoms with Crippen LogP contribution in [0.25, 0.3) is 16.9 Å². The fourth-order valence-electron chi connectivity index (χ4n) is 3.35. The summed E-state index contributed by atoms with van der Waals surface area (Å²) in [5.74, 6) is -0.175. The number of carbonyl (C=O) groups is 1. The molecule has 1 N–H and O–H groups in total. The highest BCUT2D eigenvalue weighted by Crippen LogP contribution is 2.26. The van der Waals surface area contributed by atoms with Gasteiger partial charge in [-0.15, -0.1) is 0 Å². The molecule has 2 aromatic heterocycles. The summed E-state index contributed by atoms with van der Waals surface area (Å²) in [4.78, 5) is 18.4. The van der Waals surface area contributed by atoms with E-state index >= 15 is 0 Å². The van der Waals surface area contributed by atoms with Gasteiger partial charge in [-0.3, -0.25) is 9.69 Å². The van der Waals surface area contributed by atoms with E-state index in [0.29, 0.717) is 17.3 Å². The number of nitrogens with one attached hydrogen (secondary N) is 1. The maximum absolute atomic E-state index is 12.5. The zero-order valence-corrected chi connectivity index (χ0v) is 18.9. The van der Waals surface area contributed by atoms with Crippen LogP contribution in [0.4, 0.5) is 5.69 Å². The molecule has 6 nitrogen and oxygen atoms in total. The van der Waals surface area contributed by atoms with Crippen molar-refractivity contribution in [3.05, 3.63) is 94.9 Å². The van der Waals surface area contributed by atoms with Gasteiger partial charge in [-0.05, 0) is 43.4 Å². The van der Waals surface area contributed by atoms with Crippen molar-refractivity contribution in [3.63, 3.8) is 0 Å². The van der Waals surface area contributed by atoms with Crippen LogP contribution in [0.15, 0.2) is 79.1 Å². The number of benzene rings is 2. The van der Waals surface area contributed by atoms with Crippen molar-refractivity contribution < 1.29 is 4.79 Å². The lowest BCUT2D eigenvalue weighted by Gasteiger charge is -2.16. The fraction of sp³-hybridized carbons (Fsp3) is 0.125. The van der Waals surface area contributed by atoms with Gasteiger partial charge >= 0.3 is 0 Å². The van der Waals surface area contributed by atoms with Crippen molar-refractivity contribution in [2.75, 3.05) is 18.9 Å². The summed E-state index contributed by atoms with van der Waals surface area (Å²) in [6.45, 7) is 0.709. The molecule has 0 aliphatic carbocycles. The Bertz CT molecular complexity index is 1210. The second-order valence-corrected chi connectivity index (χ2v) is 8.15. The quantitative estimate of drug-likeness (QED) is 0.375. The third kappa shape index (κ3) is 5.34. The Balaban J connectivity index is 1.55. The van der Waals surface area contributed by atoms with E-state index in [9.17, 15) is 4.79 Å². The van der Waals surface area contributed by atoms with E-state index in [4.69, 9.17) is 28.3 Å². The molecule has 0 aliphatic rings. The van der Waals surface area contributed by atoms with Crippen molar-refractivity contribution in [2.45, 2.75) is 6.54 Å². The number of carbonyl (C=O) groups excluding carboxylic acids is 1. The summed E-state index contributed by atoms with van der Waals surface area (Å²) in [7, 11) is 1.88. The van der Waals surface area contributed by atoms with Gasteiger partial charge in [0, 0.05) is 35.1 Å². The van der Waals surface area contributed by atoms with Gasteiger partial charge in [-0.25, -0.2) is 9.67 Å². The van der Waals surface area contributed by atoms with Crippen LogP contribution in [-0.4, -0.2) is 39.2 Å². The first-order valence-corrected chi connectivity index (χ1v) is 10.7. The number of aromatic nitrogens is 3. The first kappa shape index (κ1) is 22.0. The Kier molecular flexibility index (Phi) is 6.85. The van der Waals surface area contributed by atoms with Gasteiger partial charge in [0.1, 0.15) is 0 Å². The lowest BCUT2D eigenvalue weighted by Crippen LogP contribution is -2.30. The summed E-state index contributed by atoms with van der Waals surface area (Å²) in [6, 6.07) is 20.9. The molecule has 4 rings (SSSR count). The van der Waals surface area contributed by atoms with Crippen molar-refractivity contribution >= 4 is 34.8 Å². The van der Waals surface area contributed by atoms with Crippen molar-refractivity contribution in [1.82, 2.24) is 19.7 Å². The molecule has 4 aromatic rings. The van der Waals surface area contributed by atoms with Crippen molar-refractivity contribution in [2.24, 2.45) is 0 Å². The van der Waals surface area contributed by atoms with Crippen LogP contribution in [0, 0.1) is 0 Å². The monoisotopic (exact) mass is 465 g/mol. The van der Waals surface area contributed by atoms with Crippen LogP contribution in [0.5, 0.6) is 0 Å². The van der Waals surface area contributed by atoms with Crippen LogP contribution in [-0.2, 0) is 11.3 Å². The van der Waals surface area contributed by atoms with Crippen molar-refractivity contribution in [3.8, 4) is 16.9 Å². The number of nitrogens with zero attached hydrogens (tertiary/aromatic N) is 4. The summed E-state index contributed by atoms with van der Waals surface area (Å²) >= 11 is 12.1. The van der Waals surface area contributed by atoms with Crippen LogP contribution in [0.3, 0.4) is 0 Å². The normalized spacial score (nSPS) is 11.0. The largest absolute Gasteiger partial charge is 0.322 e. The molecule has 8 heteroatoms. The van der Waals surface area contributed by atoms with E-state index < -0.39 is 0 Å². The number of para-hydroxylation sites is 1. The molecule has 0 atom stereocenters. The van der Waals surface area contributed by atoms with E-state index in [1.54, 1.807) is 18.3 Å². The van der Waals surface area contributed by atoms with Gasteiger partial charge in [0.15, 0.2) is 5.15 Å². The van der Waals surface area contributed by atoms with Crippen molar-refractivity contribution in [1.29, 1.82) is 0 Å². The summed E-state index contributed by atoms with van der Waals surface area (Å²) in [5.41, 5.74) is 4.24. The molecule has 0 bridgehead atoms. The van der Waals surface area contributed by atoms with Gasteiger partial charge in [0.05, 0.1) is 23.6 Å². The van der Waals surface area contributed by atoms with Crippen LogP contribution >= 0.6 is 23.2 Å². The van der Waals surface area contributed by atoms with E-state index in [1.165, 1.54) is 0 Å². The second kappa shape index (κ2) is 9.96. The molecule has 0 spiro atoms. The maximum Gasteiger partial charge on any atom is 0.238 e. The number of amides is 1. The highest BCUT2D eigenvalue weighted by atomic mass is 35.5. The average molecular weight is 466 g/mol. The molecule has 0 radical (unpaired) electrons. The standard InChI is InChI=1S/C24H21Cl2N5O/c1-30(16-22(32)28-21-8-5-13-27-24(21)26)14-18-15-31(20-6-3-2-4-7-20)29-23(18)17-9-11-19(25)12-10-17/h2-13,15H,14,16H2,1H3,(H,28,32). The van der Waals surface area contributed by atoms with E-state index in [-0.39, 0.29) is 17.6 Å². The Labute approximate surface area is 196 Å². The fourth-order valence-corrected chi connectivity index (χ4v) is 3.64. The maximum atomic E-state index is 12.5. The molecule has 0 fully saturated rings. The molecule has 162 valence electrons. The molecule has 1 amide bonds. The van der Waals surface area contributed by atoms with Gasteiger partial charge < -0.3 is 5.32 Å². The zero-order valence-electron chi connectivity index (χ0n) is 17.4. The highest BCUT2D eigenvalue weighted by Gasteiger charge is 2.16. The molecular formula is C24H21Cl2N5O. The third-order valence-electron chi connectivity index (χ3n) is 4.82. The average Bonchev–Trinajstić information content (AvgIpc) is 3.20. The molecule has 0 saturated carbocycles. The molecular weight excluding hydrogens is 445 g/mol. The SMILES string of the molecule is CN(CC(=O)Nc1cccnc1Cl)Cc1cn(-c2ccccc2)nc1-c1ccc(Cl)cc1. The number of rotatable bonds is 7. The third-order valence-corrected chi connectivity index (χ3v) is 5.37. The molecule has 0 saturated heterocycles. The molecule has 0 unspecified atom stereocenters. The lowest BCUT2D eigenvalue weighted by atomic mass is 10.1. The number of hydrogen-bond donors (Lipinski definition) is 1. The van der Waals surface area contributed by atoms with Gasteiger partial charge in [-0.2, -0.15) is 5.10 Å². The predicted molar refractivity (Wildman–Crippen MR) is 128 cm³/mol. The molecule has 32 heavy (non-hydrogen) atoms. The van der Waals surface area contributed by atoms with E-state index in [2.05, 4.69) is 10.3 Å². The topological polar surface area (TPSA) is 63.1 Å². The number of likely N-dealkylation sites (N-methyl/N-ethyl adjacent to an activating group) is 1. The second-order valence-electron chi connectivity index (χ2n) is 7.35. The molecule has 2 heterocycles. The number of halogens is 2. The minimum Gasteiger partial charge on any atom is -0.322 e. The Morgan fingerprint density at radius 2 is 1.78 bits per heavy atom. The van der Waals surface area contributed by atoms with E-state index in [0.717, 1.165) is 22.5 Å². The van der Waals surface area contributed by atoms with Gasteiger partial charge in [0.25, 0.3) is 0 Å². The van der Waals surface area contributed by atoms with E-state index in [1.807, 2.05) is 77.4 Å². The Hall–Kier alpha value is -3.19. The highest BCUT2D eigenvalue weighted by molar-refractivity contribution is 6.32. The smallest absolute Gasteiger partial charge is 0.238 e. The first-order valence-electron chi connectivity index (χ1n) is 9.98. The number of anilines is 1. The Morgan fingerprint density at radius 3 is 2.50 bits per heavy atom.